The lowest BCUT2D eigenvalue weighted by Crippen LogP contribution is -3.00. The molecule has 0 saturated heterocycles. The number of benzene rings is 1. The highest BCUT2D eigenvalue weighted by molar-refractivity contribution is 8.08. The normalized spacial score (nSPS) is 13.2. The van der Waals surface area contributed by atoms with Gasteiger partial charge in [-0.15, -0.1) is 0 Å². The Morgan fingerprint density at radius 2 is 2.14 bits per heavy atom. The second kappa shape index (κ2) is 4.81. The molecule has 0 aromatic heterocycles. The Labute approximate surface area is 86.4 Å². The largest absolute Gasteiger partial charge is 0.633 e. The Hall–Kier alpha value is -0.530. The summed E-state index contributed by atoms with van der Waals surface area (Å²) in [6, 6.07) is 3.48. The molecule has 1 aromatic carbocycles. The summed E-state index contributed by atoms with van der Waals surface area (Å²) in [6.07, 6.45) is 0. The number of halogens is 2. The van der Waals surface area contributed by atoms with Crippen LogP contribution in [0.3, 0.4) is 0 Å². The Kier molecular flexibility index (Phi) is 3.97. The van der Waals surface area contributed by atoms with E-state index in [0.29, 0.717) is 0 Å². The molecule has 0 aliphatic carbocycles. The number of hydrogen-bond acceptors (Lipinski definition) is 3. The van der Waals surface area contributed by atoms with Crippen molar-refractivity contribution in [3.8, 4) is 0 Å². The van der Waals surface area contributed by atoms with Crippen LogP contribution >= 0.6 is 10.7 Å². The van der Waals surface area contributed by atoms with Crippen LogP contribution in [0.5, 0.6) is 0 Å². The molecular weight excluding hydrogens is 233 g/mol. The molecule has 0 heterocycles. The fourth-order valence-electron chi connectivity index (χ4n) is 0.927. The summed E-state index contributed by atoms with van der Waals surface area (Å²) >= 11 is 0. The van der Waals surface area contributed by atoms with Crippen LogP contribution in [0, 0.1) is 16.2 Å². The second-order valence-corrected chi connectivity index (χ2v) is 4.28. The molecule has 0 bridgehead atoms. The molecule has 1 unspecified atom stereocenters. The Morgan fingerprint density at radius 1 is 1.50 bits per heavy atom. The van der Waals surface area contributed by atoms with Crippen LogP contribution < -0.4 is 5.23 Å². The van der Waals surface area contributed by atoms with Gasteiger partial charge >= 0.3 is 0 Å². The highest BCUT2D eigenvalue weighted by Crippen LogP contribution is 2.14. The van der Waals surface area contributed by atoms with Gasteiger partial charge in [-0.05, 0) is 28.9 Å². The molecule has 0 aliphatic rings. The fourth-order valence-corrected chi connectivity index (χ4v) is 1.59. The van der Waals surface area contributed by atoms with Crippen LogP contribution in [0.15, 0.2) is 23.1 Å². The first kappa shape index (κ1) is 11.5. The fraction of sp³-hybridized carbons (Fsp3) is 0.143. The van der Waals surface area contributed by atoms with Crippen LogP contribution in [0.2, 0.25) is 0 Å². The van der Waals surface area contributed by atoms with Crippen molar-refractivity contribution in [3.05, 3.63) is 40.0 Å². The Balaban J connectivity index is 2.95. The summed E-state index contributed by atoms with van der Waals surface area (Å²) < 4.78 is 23.8. The van der Waals surface area contributed by atoms with Gasteiger partial charge < -0.3 is 15.6 Å². The van der Waals surface area contributed by atoms with E-state index in [2.05, 4.69) is 0 Å². The molecule has 0 radical (unpaired) electrons. The minimum absolute atomic E-state index is 0.0177. The van der Waals surface area contributed by atoms with E-state index < -0.39 is 27.6 Å². The number of hydrogen-bond donors (Lipinski definition) is 1. The molecule has 0 saturated carbocycles. The lowest BCUT2D eigenvalue weighted by Gasteiger charge is -2.25. The first-order valence-electron chi connectivity index (χ1n) is 3.57. The lowest BCUT2D eigenvalue weighted by molar-refractivity contribution is -0.807. The number of quaternary nitrogens is 1. The molecule has 0 fully saturated rings. The molecule has 78 valence electrons. The van der Waals surface area contributed by atoms with Gasteiger partial charge in [0.25, 0.3) is 0 Å². The van der Waals surface area contributed by atoms with Gasteiger partial charge in [-0.1, -0.05) is 0 Å². The van der Waals surface area contributed by atoms with Crippen LogP contribution in [-0.4, -0.2) is 4.21 Å². The molecule has 14 heavy (non-hydrogen) atoms. The van der Waals surface area contributed by atoms with Gasteiger partial charge in [-0.2, -0.15) is 0 Å². The van der Waals surface area contributed by atoms with Gasteiger partial charge in [0.15, 0.2) is 0 Å². The molecule has 1 aromatic rings. The predicted molar refractivity (Wildman–Crippen MR) is 50.1 cm³/mol. The Bertz CT molecular complexity index is 361. The van der Waals surface area contributed by atoms with Crippen molar-refractivity contribution in [3.63, 3.8) is 0 Å². The maximum atomic E-state index is 13.1. The highest BCUT2D eigenvalue weighted by atomic mass is 35.7. The molecule has 1 rings (SSSR count). The molecule has 0 spiro atoms. The van der Waals surface area contributed by atoms with Gasteiger partial charge in [-0.3, -0.25) is 0 Å². The third-order valence-corrected chi connectivity index (χ3v) is 2.70. The second-order valence-electron chi connectivity index (χ2n) is 2.53. The average Bonchev–Trinajstić information content (AvgIpc) is 2.07. The van der Waals surface area contributed by atoms with E-state index in [-0.39, 0.29) is 10.5 Å². The molecule has 1 N–H and O–H groups in total. The molecular formula is C7H6ClFNO3S-. The SMILES string of the molecule is O=S(Cl)c1ccc(C[NH+]([O-])[O-])c(F)c1. The van der Waals surface area contributed by atoms with E-state index in [1.54, 1.807) is 0 Å². The minimum atomic E-state index is -1.79. The number of nitrogens with one attached hydrogen (secondary N) is 1. The monoisotopic (exact) mass is 238 g/mol. The van der Waals surface area contributed by atoms with E-state index >= 15 is 0 Å². The molecule has 4 nitrogen and oxygen atoms in total. The first-order chi connectivity index (χ1) is 6.50. The zero-order valence-electron chi connectivity index (χ0n) is 6.83. The Morgan fingerprint density at radius 3 is 2.57 bits per heavy atom. The summed E-state index contributed by atoms with van der Waals surface area (Å²) in [5.74, 6) is -0.749. The molecule has 0 aliphatic heterocycles. The highest BCUT2D eigenvalue weighted by Gasteiger charge is 2.07. The zero-order valence-corrected chi connectivity index (χ0v) is 8.40. The topological polar surface area (TPSA) is 67.6 Å². The van der Waals surface area contributed by atoms with E-state index in [1.807, 2.05) is 0 Å². The third-order valence-electron chi connectivity index (χ3n) is 1.54. The summed E-state index contributed by atoms with van der Waals surface area (Å²) in [4.78, 5) is 0.103. The van der Waals surface area contributed by atoms with Crippen molar-refractivity contribution in [2.75, 3.05) is 0 Å². The van der Waals surface area contributed by atoms with Crippen LogP contribution in [0.25, 0.3) is 0 Å². The van der Waals surface area contributed by atoms with Crippen molar-refractivity contribution in [1.29, 1.82) is 0 Å². The van der Waals surface area contributed by atoms with Crippen molar-refractivity contribution < 1.29 is 13.8 Å². The van der Waals surface area contributed by atoms with Crippen molar-refractivity contribution >= 4 is 20.7 Å². The maximum Gasteiger partial charge on any atom is 0.147 e. The van der Waals surface area contributed by atoms with E-state index in [9.17, 15) is 19.0 Å². The standard InChI is InChI=1S/C7H6ClFNO3S/c8-14(13)6-2-1-5(4-10(11)12)7(9)3-6/h1-3,10H,4H2/q-1. The van der Waals surface area contributed by atoms with Crippen LogP contribution in [0.4, 0.5) is 4.39 Å². The summed E-state index contributed by atoms with van der Waals surface area (Å²) in [5, 5.41) is 19.0. The average molecular weight is 239 g/mol. The number of hydroxylamine groups is 2. The van der Waals surface area contributed by atoms with Crippen molar-refractivity contribution in [2.45, 2.75) is 11.4 Å². The molecule has 7 heteroatoms. The smallest absolute Gasteiger partial charge is 0.147 e. The first-order valence-corrected chi connectivity index (χ1v) is 5.54. The van der Waals surface area contributed by atoms with Crippen LogP contribution in [-0.2, 0) is 16.6 Å². The van der Waals surface area contributed by atoms with E-state index in [1.165, 1.54) is 12.1 Å². The summed E-state index contributed by atoms with van der Waals surface area (Å²) in [5.41, 5.74) is -0.0177. The van der Waals surface area contributed by atoms with Gasteiger partial charge in [0, 0.05) is 5.56 Å². The predicted octanol–water partition coefficient (Wildman–Crippen LogP) is 0.468. The van der Waals surface area contributed by atoms with Crippen molar-refractivity contribution in [2.24, 2.45) is 0 Å². The maximum absolute atomic E-state index is 13.1. The molecule has 0 amide bonds. The van der Waals surface area contributed by atoms with Crippen LogP contribution in [0.1, 0.15) is 5.56 Å². The number of rotatable bonds is 3. The van der Waals surface area contributed by atoms with Crippen molar-refractivity contribution in [1.82, 2.24) is 0 Å². The lowest BCUT2D eigenvalue weighted by atomic mass is 10.2. The quantitative estimate of drug-likeness (QED) is 0.615. The van der Waals surface area contributed by atoms with Gasteiger partial charge in [0.1, 0.15) is 22.4 Å². The summed E-state index contributed by atoms with van der Waals surface area (Å²) in [6.45, 7) is -0.513. The van der Waals surface area contributed by atoms with E-state index in [4.69, 9.17) is 10.7 Å². The van der Waals surface area contributed by atoms with Gasteiger partial charge in [0.2, 0.25) is 0 Å². The van der Waals surface area contributed by atoms with E-state index in [0.717, 1.165) is 6.07 Å². The third kappa shape index (κ3) is 3.00. The van der Waals surface area contributed by atoms with Gasteiger partial charge in [0.05, 0.1) is 4.90 Å². The van der Waals surface area contributed by atoms with Gasteiger partial charge in [-0.25, -0.2) is 8.60 Å². The molecule has 1 atom stereocenters. The summed E-state index contributed by atoms with van der Waals surface area (Å²) in [7, 11) is 3.42. The zero-order chi connectivity index (χ0) is 10.7. The minimum Gasteiger partial charge on any atom is -0.633 e.